The zero-order chi connectivity index (χ0) is 12.6. The molecule has 2 rings (SSSR count). The first-order chi connectivity index (χ1) is 8.90. The van der Waals surface area contributed by atoms with Crippen LogP contribution in [0.5, 0.6) is 0 Å². The Kier molecular flexibility index (Phi) is 4.94. The quantitative estimate of drug-likeness (QED) is 0.844. The molecule has 2 nitrogen and oxygen atoms in total. The molecule has 0 aliphatic carbocycles. The van der Waals surface area contributed by atoms with Gasteiger partial charge in [0, 0.05) is 12.5 Å². The van der Waals surface area contributed by atoms with Crippen LogP contribution in [0.3, 0.4) is 0 Å². The van der Waals surface area contributed by atoms with Gasteiger partial charge in [-0.1, -0.05) is 60.7 Å². The van der Waals surface area contributed by atoms with Gasteiger partial charge in [-0.25, -0.2) is 0 Å². The Hall–Kier alpha value is -1.64. The van der Waals surface area contributed by atoms with E-state index in [-0.39, 0.29) is 5.92 Å². The highest BCUT2D eigenvalue weighted by Crippen LogP contribution is 2.15. The SMILES string of the molecule is NCC(COCc1ccccc1)c1ccccc1. The third kappa shape index (κ3) is 3.69. The second kappa shape index (κ2) is 6.94. The average Bonchev–Trinajstić information content (AvgIpc) is 2.46. The van der Waals surface area contributed by atoms with Crippen molar-refractivity contribution in [1.29, 1.82) is 0 Å². The Bertz CT molecular complexity index is 441. The number of benzene rings is 2. The van der Waals surface area contributed by atoms with Gasteiger partial charge in [-0.15, -0.1) is 0 Å². The maximum absolute atomic E-state index is 5.80. The Morgan fingerprint density at radius 3 is 2.11 bits per heavy atom. The van der Waals surface area contributed by atoms with E-state index in [0.717, 1.165) is 0 Å². The summed E-state index contributed by atoms with van der Waals surface area (Å²) in [7, 11) is 0. The maximum atomic E-state index is 5.80. The normalized spacial score (nSPS) is 12.3. The van der Waals surface area contributed by atoms with Gasteiger partial charge < -0.3 is 10.5 Å². The van der Waals surface area contributed by atoms with Crippen molar-refractivity contribution >= 4 is 0 Å². The molecule has 94 valence electrons. The second-order valence-electron chi connectivity index (χ2n) is 4.34. The highest BCUT2D eigenvalue weighted by atomic mass is 16.5. The van der Waals surface area contributed by atoms with Crippen molar-refractivity contribution in [3.8, 4) is 0 Å². The van der Waals surface area contributed by atoms with E-state index in [1.165, 1.54) is 11.1 Å². The fraction of sp³-hybridized carbons (Fsp3) is 0.250. The Morgan fingerprint density at radius 1 is 0.889 bits per heavy atom. The van der Waals surface area contributed by atoms with Gasteiger partial charge in [0.15, 0.2) is 0 Å². The van der Waals surface area contributed by atoms with Crippen LogP contribution in [0.1, 0.15) is 17.0 Å². The summed E-state index contributed by atoms with van der Waals surface area (Å²) in [5, 5.41) is 0. The summed E-state index contributed by atoms with van der Waals surface area (Å²) in [5.74, 6) is 0.273. The van der Waals surface area contributed by atoms with Crippen LogP contribution in [-0.2, 0) is 11.3 Å². The van der Waals surface area contributed by atoms with Gasteiger partial charge in [-0.2, -0.15) is 0 Å². The highest BCUT2D eigenvalue weighted by molar-refractivity contribution is 5.20. The molecule has 2 N–H and O–H groups in total. The lowest BCUT2D eigenvalue weighted by Gasteiger charge is -2.15. The largest absolute Gasteiger partial charge is 0.376 e. The molecule has 0 saturated carbocycles. The molecule has 18 heavy (non-hydrogen) atoms. The average molecular weight is 241 g/mol. The molecule has 0 heterocycles. The molecule has 0 aliphatic heterocycles. The number of hydrogen-bond donors (Lipinski definition) is 1. The van der Waals surface area contributed by atoms with E-state index in [1.807, 2.05) is 36.4 Å². The van der Waals surface area contributed by atoms with Gasteiger partial charge in [-0.3, -0.25) is 0 Å². The third-order valence-electron chi connectivity index (χ3n) is 2.99. The third-order valence-corrected chi connectivity index (χ3v) is 2.99. The molecule has 2 aromatic carbocycles. The molecule has 0 aliphatic rings. The minimum atomic E-state index is 0.273. The number of hydrogen-bond acceptors (Lipinski definition) is 2. The van der Waals surface area contributed by atoms with E-state index >= 15 is 0 Å². The lowest BCUT2D eigenvalue weighted by molar-refractivity contribution is 0.108. The molecule has 0 aromatic heterocycles. The molecule has 0 saturated heterocycles. The molecular formula is C16H19NO. The maximum Gasteiger partial charge on any atom is 0.0717 e. The van der Waals surface area contributed by atoms with Crippen molar-refractivity contribution < 1.29 is 4.74 Å². The van der Waals surface area contributed by atoms with Crippen LogP contribution in [0.2, 0.25) is 0 Å². The van der Waals surface area contributed by atoms with Crippen LogP contribution in [0.25, 0.3) is 0 Å². The first-order valence-corrected chi connectivity index (χ1v) is 6.27. The van der Waals surface area contributed by atoms with Crippen molar-refractivity contribution in [3.05, 3.63) is 71.8 Å². The summed E-state index contributed by atoms with van der Waals surface area (Å²) >= 11 is 0. The second-order valence-corrected chi connectivity index (χ2v) is 4.34. The lowest BCUT2D eigenvalue weighted by Crippen LogP contribution is -2.18. The monoisotopic (exact) mass is 241 g/mol. The van der Waals surface area contributed by atoms with E-state index in [1.54, 1.807) is 0 Å². The molecule has 1 unspecified atom stereocenters. The van der Waals surface area contributed by atoms with Gasteiger partial charge in [-0.05, 0) is 11.1 Å². The Morgan fingerprint density at radius 2 is 1.50 bits per heavy atom. The summed E-state index contributed by atoms with van der Waals surface area (Å²) in [4.78, 5) is 0. The van der Waals surface area contributed by atoms with E-state index in [2.05, 4.69) is 24.3 Å². The topological polar surface area (TPSA) is 35.2 Å². The van der Waals surface area contributed by atoms with Crippen LogP contribution in [-0.4, -0.2) is 13.2 Å². The van der Waals surface area contributed by atoms with Crippen molar-refractivity contribution in [2.45, 2.75) is 12.5 Å². The first-order valence-electron chi connectivity index (χ1n) is 6.27. The van der Waals surface area contributed by atoms with Crippen LogP contribution in [0.15, 0.2) is 60.7 Å². The summed E-state index contributed by atoms with van der Waals surface area (Å²) in [6, 6.07) is 20.5. The molecule has 2 heteroatoms. The van der Waals surface area contributed by atoms with Crippen molar-refractivity contribution in [2.75, 3.05) is 13.2 Å². The standard InChI is InChI=1S/C16H19NO/c17-11-16(15-9-5-2-6-10-15)13-18-12-14-7-3-1-4-8-14/h1-10,16H,11-13,17H2. The zero-order valence-electron chi connectivity index (χ0n) is 10.5. The number of rotatable bonds is 6. The minimum absolute atomic E-state index is 0.273. The molecular weight excluding hydrogens is 222 g/mol. The summed E-state index contributed by atoms with van der Waals surface area (Å²) in [6.07, 6.45) is 0. The molecule has 2 aromatic rings. The van der Waals surface area contributed by atoms with Gasteiger partial charge in [0.05, 0.1) is 13.2 Å². The molecule has 0 fully saturated rings. The fourth-order valence-electron chi connectivity index (χ4n) is 1.92. The van der Waals surface area contributed by atoms with Crippen molar-refractivity contribution in [3.63, 3.8) is 0 Å². The fourth-order valence-corrected chi connectivity index (χ4v) is 1.92. The molecule has 0 bridgehead atoms. The molecule has 0 amide bonds. The number of nitrogens with two attached hydrogens (primary N) is 1. The van der Waals surface area contributed by atoms with Crippen LogP contribution in [0, 0.1) is 0 Å². The zero-order valence-corrected chi connectivity index (χ0v) is 10.5. The van der Waals surface area contributed by atoms with Gasteiger partial charge in [0.25, 0.3) is 0 Å². The Balaban J connectivity index is 1.85. The highest BCUT2D eigenvalue weighted by Gasteiger charge is 2.09. The van der Waals surface area contributed by atoms with E-state index in [9.17, 15) is 0 Å². The van der Waals surface area contributed by atoms with Crippen molar-refractivity contribution in [2.24, 2.45) is 5.73 Å². The van der Waals surface area contributed by atoms with Crippen LogP contribution < -0.4 is 5.73 Å². The summed E-state index contributed by atoms with van der Waals surface area (Å²) in [6.45, 7) is 1.92. The van der Waals surface area contributed by atoms with E-state index in [4.69, 9.17) is 10.5 Å². The predicted molar refractivity (Wildman–Crippen MR) is 74.3 cm³/mol. The van der Waals surface area contributed by atoms with Gasteiger partial charge in [0.2, 0.25) is 0 Å². The van der Waals surface area contributed by atoms with Crippen LogP contribution >= 0.6 is 0 Å². The van der Waals surface area contributed by atoms with E-state index in [0.29, 0.717) is 19.8 Å². The molecule has 0 spiro atoms. The van der Waals surface area contributed by atoms with Crippen molar-refractivity contribution in [1.82, 2.24) is 0 Å². The molecule has 1 atom stereocenters. The van der Waals surface area contributed by atoms with Gasteiger partial charge >= 0.3 is 0 Å². The number of ether oxygens (including phenoxy) is 1. The summed E-state index contributed by atoms with van der Waals surface area (Å²) in [5.41, 5.74) is 8.24. The minimum Gasteiger partial charge on any atom is -0.376 e. The molecule has 0 radical (unpaired) electrons. The smallest absolute Gasteiger partial charge is 0.0717 e. The Labute approximate surface area is 108 Å². The van der Waals surface area contributed by atoms with Gasteiger partial charge in [0.1, 0.15) is 0 Å². The summed E-state index contributed by atoms with van der Waals surface area (Å²) < 4.78 is 5.75. The van der Waals surface area contributed by atoms with Crippen LogP contribution in [0.4, 0.5) is 0 Å². The lowest BCUT2D eigenvalue weighted by atomic mass is 10.0. The predicted octanol–water partition coefficient (Wildman–Crippen LogP) is 2.95. The van der Waals surface area contributed by atoms with E-state index < -0.39 is 0 Å². The first kappa shape index (κ1) is 12.8.